The van der Waals surface area contributed by atoms with Crippen LogP contribution in [0.3, 0.4) is 0 Å². The summed E-state index contributed by atoms with van der Waals surface area (Å²) in [5.74, 6) is 0. The standard InChI is InChI=1S/C40H26N2/c1-3-13-27(14-4-1)29-23-24-38(31-18-8-7-17-30(29)31)42-37-22-12-10-20-33(37)35-25-34-32-19-9-11-21-36(32)41(39(34)26-40(35)42)28-15-5-2-6-16-28/h1-26H. The highest BCUT2D eigenvalue weighted by Crippen LogP contribution is 2.41. The van der Waals surface area contributed by atoms with Crippen LogP contribution >= 0.6 is 0 Å². The lowest BCUT2D eigenvalue weighted by molar-refractivity contribution is 1.17. The molecule has 0 aliphatic carbocycles. The molecule has 0 aliphatic heterocycles. The van der Waals surface area contributed by atoms with Crippen LogP contribution in [0.4, 0.5) is 0 Å². The maximum atomic E-state index is 2.47. The summed E-state index contributed by atoms with van der Waals surface area (Å²) < 4.78 is 4.87. The summed E-state index contributed by atoms with van der Waals surface area (Å²) in [4.78, 5) is 0. The molecule has 9 aromatic rings. The maximum Gasteiger partial charge on any atom is 0.0562 e. The van der Waals surface area contributed by atoms with Crippen LogP contribution in [-0.4, -0.2) is 9.13 Å². The predicted molar refractivity (Wildman–Crippen MR) is 178 cm³/mol. The van der Waals surface area contributed by atoms with Gasteiger partial charge in [0.05, 0.1) is 27.8 Å². The summed E-state index contributed by atoms with van der Waals surface area (Å²) in [6.07, 6.45) is 0. The highest BCUT2D eigenvalue weighted by Gasteiger charge is 2.19. The summed E-state index contributed by atoms with van der Waals surface area (Å²) in [6.45, 7) is 0. The molecule has 42 heavy (non-hydrogen) atoms. The Morgan fingerprint density at radius 1 is 0.310 bits per heavy atom. The van der Waals surface area contributed by atoms with Gasteiger partial charge in [0.15, 0.2) is 0 Å². The Labute approximate surface area is 243 Å². The van der Waals surface area contributed by atoms with Gasteiger partial charge in [-0.05, 0) is 59.0 Å². The van der Waals surface area contributed by atoms with Crippen molar-refractivity contribution in [2.75, 3.05) is 0 Å². The lowest BCUT2D eigenvalue weighted by atomic mass is 9.97. The second-order valence-electron chi connectivity index (χ2n) is 11.0. The van der Waals surface area contributed by atoms with E-state index in [2.05, 4.69) is 167 Å². The van der Waals surface area contributed by atoms with Gasteiger partial charge in [-0.1, -0.05) is 115 Å². The first-order chi connectivity index (χ1) is 20.9. The zero-order valence-electron chi connectivity index (χ0n) is 22.9. The van der Waals surface area contributed by atoms with E-state index >= 15 is 0 Å². The van der Waals surface area contributed by atoms with E-state index in [0.717, 1.165) is 0 Å². The van der Waals surface area contributed by atoms with E-state index in [4.69, 9.17) is 0 Å². The molecule has 9 rings (SSSR count). The molecule has 0 spiro atoms. The smallest absolute Gasteiger partial charge is 0.0562 e. The van der Waals surface area contributed by atoms with E-state index < -0.39 is 0 Å². The predicted octanol–water partition coefficient (Wildman–Crippen LogP) is 10.7. The Morgan fingerprint density at radius 3 is 1.52 bits per heavy atom. The van der Waals surface area contributed by atoms with Crippen LogP contribution in [0, 0.1) is 0 Å². The number of para-hydroxylation sites is 3. The fourth-order valence-electron chi connectivity index (χ4n) is 6.89. The first-order valence-electron chi connectivity index (χ1n) is 14.5. The quantitative estimate of drug-likeness (QED) is 0.213. The number of rotatable bonds is 3. The zero-order valence-corrected chi connectivity index (χ0v) is 22.9. The lowest BCUT2D eigenvalue weighted by Gasteiger charge is -2.15. The Balaban J connectivity index is 1.43. The van der Waals surface area contributed by atoms with Crippen molar-refractivity contribution in [3.05, 3.63) is 158 Å². The SMILES string of the molecule is c1ccc(-c2ccc(-n3c4ccccc4c4cc5c6ccccc6n(-c6ccccc6)c5cc43)c3ccccc23)cc1. The largest absolute Gasteiger partial charge is 0.309 e. The monoisotopic (exact) mass is 534 g/mol. The Hall–Kier alpha value is -5.60. The fraction of sp³-hybridized carbons (Fsp3) is 0. The van der Waals surface area contributed by atoms with Crippen LogP contribution in [0.2, 0.25) is 0 Å². The molecule has 0 saturated carbocycles. The topological polar surface area (TPSA) is 9.86 Å². The molecule has 0 atom stereocenters. The van der Waals surface area contributed by atoms with Crippen LogP contribution in [0.5, 0.6) is 0 Å². The highest BCUT2D eigenvalue weighted by molar-refractivity contribution is 6.19. The van der Waals surface area contributed by atoms with Gasteiger partial charge in [0.2, 0.25) is 0 Å². The van der Waals surface area contributed by atoms with Gasteiger partial charge in [0.25, 0.3) is 0 Å². The summed E-state index contributed by atoms with van der Waals surface area (Å²) in [5, 5.41) is 7.58. The van der Waals surface area contributed by atoms with Crippen molar-refractivity contribution < 1.29 is 0 Å². The normalized spacial score (nSPS) is 11.8. The van der Waals surface area contributed by atoms with Crippen LogP contribution in [0.15, 0.2) is 158 Å². The van der Waals surface area contributed by atoms with Crippen LogP contribution in [-0.2, 0) is 0 Å². The maximum absolute atomic E-state index is 2.47. The second kappa shape index (κ2) is 8.95. The van der Waals surface area contributed by atoms with Crippen LogP contribution in [0.25, 0.3) is 76.9 Å². The van der Waals surface area contributed by atoms with Crippen molar-refractivity contribution in [1.29, 1.82) is 0 Å². The van der Waals surface area contributed by atoms with Crippen molar-refractivity contribution in [2.24, 2.45) is 0 Å². The Kier molecular flexibility index (Phi) is 4.93. The van der Waals surface area contributed by atoms with Crippen molar-refractivity contribution in [3.8, 4) is 22.5 Å². The molecule has 196 valence electrons. The summed E-state index contributed by atoms with van der Waals surface area (Å²) in [6, 6.07) is 57.2. The molecule has 0 saturated heterocycles. The summed E-state index contributed by atoms with van der Waals surface area (Å²) >= 11 is 0. The molecule has 2 aromatic heterocycles. The number of aromatic nitrogens is 2. The molecule has 0 amide bonds. The molecule has 0 N–H and O–H groups in total. The van der Waals surface area contributed by atoms with E-state index in [9.17, 15) is 0 Å². The molecule has 0 bridgehead atoms. The van der Waals surface area contributed by atoms with Gasteiger partial charge in [-0.15, -0.1) is 0 Å². The number of nitrogens with zero attached hydrogens (tertiary/aromatic N) is 2. The highest BCUT2D eigenvalue weighted by atomic mass is 15.0. The molecular weight excluding hydrogens is 508 g/mol. The Morgan fingerprint density at radius 2 is 0.833 bits per heavy atom. The number of hydrogen-bond donors (Lipinski definition) is 0. The Bertz CT molecular complexity index is 2440. The summed E-state index contributed by atoms with van der Waals surface area (Å²) in [7, 11) is 0. The third kappa shape index (κ3) is 3.27. The van der Waals surface area contributed by atoms with E-state index in [1.807, 2.05) is 0 Å². The van der Waals surface area contributed by atoms with E-state index in [-0.39, 0.29) is 0 Å². The number of hydrogen-bond acceptors (Lipinski definition) is 0. The first kappa shape index (κ1) is 23.1. The minimum atomic E-state index is 1.17. The van der Waals surface area contributed by atoms with Gasteiger partial charge in [-0.2, -0.15) is 0 Å². The molecule has 0 fully saturated rings. The van der Waals surface area contributed by atoms with Gasteiger partial charge in [0, 0.05) is 32.6 Å². The minimum absolute atomic E-state index is 1.17. The van der Waals surface area contributed by atoms with Gasteiger partial charge in [-0.3, -0.25) is 0 Å². The van der Waals surface area contributed by atoms with Crippen LogP contribution in [0.1, 0.15) is 0 Å². The molecule has 2 nitrogen and oxygen atoms in total. The third-order valence-corrected chi connectivity index (χ3v) is 8.71. The molecular formula is C40H26N2. The lowest BCUT2D eigenvalue weighted by Crippen LogP contribution is -1.97. The summed E-state index contributed by atoms with van der Waals surface area (Å²) in [5.41, 5.74) is 9.71. The van der Waals surface area contributed by atoms with Crippen molar-refractivity contribution in [1.82, 2.24) is 9.13 Å². The molecule has 2 heterocycles. The second-order valence-corrected chi connectivity index (χ2v) is 11.0. The zero-order chi connectivity index (χ0) is 27.6. The van der Waals surface area contributed by atoms with Gasteiger partial charge in [-0.25, -0.2) is 0 Å². The molecule has 2 heteroatoms. The average Bonchev–Trinajstić information content (AvgIpc) is 3.56. The van der Waals surface area contributed by atoms with Crippen molar-refractivity contribution in [3.63, 3.8) is 0 Å². The molecule has 7 aromatic carbocycles. The van der Waals surface area contributed by atoms with E-state index in [1.165, 1.54) is 76.9 Å². The first-order valence-corrected chi connectivity index (χ1v) is 14.5. The van der Waals surface area contributed by atoms with Crippen molar-refractivity contribution >= 4 is 54.4 Å². The minimum Gasteiger partial charge on any atom is -0.309 e. The van der Waals surface area contributed by atoms with E-state index in [1.54, 1.807) is 0 Å². The number of fused-ring (bicyclic) bond motifs is 7. The van der Waals surface area contributed by atoms with Crippen LogP contribution < -0.4 is 0 Å². The molecule has 0 unspecified atom stereocenters. The van der Waals surface area contributed by atoms with Gasteiger partial charge < -0.3 is 9.13 Å². The average molecular weight is 535 g/mol. The van der Waals surface area contributed by atoms with Gasteiger partial charge >= 0.3 is 0 Å². The number of benzene rings is 7. The van der Waals surface area contributed by atoms with E-state index in [0.29, 0.717) is 0 Å². The van der Waals surface area contributed by atoms with Crippen molar-refractivity contribution in [2.45, 2.75) is 0 Å². The third-order valence-electron chi connectivity index (χ3n) is 8.71. The fourth-order valence-corrected chi connectivity index (χ4v) is 6.89. The molecule has 0 radical (unpaired) electrons. The van der Waals surface area contributed by atoms with Gasteiger partial charge in [0.1, 0.15) is 0 Å². The molecule has 0 aliphatic rings.